The summed E-state index contributed by atoms with van der Waals surface area (Å²) in [6.07, 6.45) is -0.493. The molecule has 0 aromatic heterocycles. The van der Waals surface area contributed by atoms with E-state index in [0.717, 1.165) is 5.56 Å². The molecule has 0 bridgehead atoms. The Morgan fingerprint density at radius 3 is 2.57 bits per heavy atom. The second-order valence-corrected chi connectivity index (χ2v) is 3.04. The van der Waals surface area contributed by atoms with Gasteiger partial charge in [-0.2, -0.15) is 0 Å². The fourth-order valence-corrected chi connectivity index (χ4v) is 1.23. The molecule has 0 spiro atoms. The molecule has 1 atom stereocenters. The molecule has 14 heavy (non-hydrogen) atoms. The molecular weight excluding hydrogens is 244 g/mol. The molecule has 1 rings (SSSR count). The van der Waals surface area contributed by atoms with Gasteiger partial charge >= 0.3 is 5.97 Å². The first-order valence-corrected chi connectivity index (χ1v) is 4.86. The fraction of sp³-hybridized carbons (Fsp3) is 0.182. The van der Waals surface area contributed by atoms with Crippen molar-refractivity contribution in [1.29, 1.82) is 0 Å². The van der Waals surface area contributed by atoms with Crippen LogP contribution in [0.5, 0.6) is 0 Å². The largest absolute Gasteiger partial charge is 0.444 e. The molecule has 0 saturated heterocycles. The van der Waals surface area contributed by atoms with Crippen molar-refractivity contribution < 1.29 is 9.53 Å². The molecule has 0 fully saturated rings. The predicted molar refractivity (Wildman–Crippen MR) is 57.7 cm³/mol. The molecule has 0 aliphatic carbocycles. The summed E-state index contributed by atoms with van der Waals surface area (Å²) in [7, 11) is 0. The Bertz CT molecular complexity index is 362. The van der Waals surface area contributed by atoms with Crippen LogP contribution in [-0.4, -0.2) is 5.97 Å². The zero-order chi connectivity index (χ0) is 10.4. The van der Waals surface area contributed by atoms with Crippen molar-refractivity contribution >= 4 is 21.9 Å². The van der Waals surface area contributed by atoms with Gasteiger partial charge in [0.15, 0.2) is 6.10 Å². The molecule has 0 saturated carbocycles. The lowest BCUT2D eigenvalue weighted by Gasteiger charge is -2.10. The second kappa shape index (κ2) is 5.46. The lowest BCUT2D eigenvalue weighted by atomic mass is 10.1. The van der Waals surface area contributed by atoms with Gasteiger partial charge in [0.2, 0.25) is 0 Å². The summed E-state index contributed by atoms with van der Waals surface area (Å²) in [6.45, 7) is 1.37. The van der Waals surface area contributed by atoms with Crippen LogP contribution in [0.2, 0.25) is 0 Å². The summed E-state index contributed by atoms with van der Waals surface area (Å²) in [4.78, 5) is 13.4. The summed E-state index contributed by atoms with van der Waals surface area (Å²) in [5.74, 6) is 2.42. The second-order valence-electron chi connectivity index (χ2n) is 2.64. The van der Waals surface area contributed by atoms with Gasteiger partial charge in [-0.1, -0.05) is 30.3 Å². The predicted octanol–water partition coefficient (Wildman–Crippen LogP) is 2.65. The summed E-state index contributed by atoms with van der Waals surface area (Å²) in [6, 6.07) is 9.38. The number of ether oxygens (including phenoxy) is 1. The van der Waals surface area contributed by atoms with E-state index in [1.807, 2.05) is 30.3 Å². The van der Waals surface area contributed by atoms with Crippen LogP contribution in [0, 0.1) is 10.8 Å². The van der Waals surface area contributed by atoms with Crippen LogP contribution >= 0.6 is 15.9 Å². The Kier molecular flexibility index (Phi) is 4.21. The maximum Gasteiger partial charge on any atom is 0.304 e. The maximum atomic E-state index is 10.8. The number of esters is 1. The van der Waals surface area contributed by atoms with E-state index in [2.05, 4.69) is 26.7 Å². The number of carbonyl (C=O) groups excluding carboxylic acids is 1. The van der Waals surface area contributed by atoms with Crippen LogP contribution in [0.3, 0.4) is 0 Å². The molecule has 1 aromatic rings. The van der Waals surface area contributed by atoms with E-state index >= 15 is 0 Å². The molecule has 1 aromatic carbocycles. The van der Waals surface area contributed by atoms with Crippen LogP contribution in [0.25, 0.3) is 0 Å². The molecule has 0 aliphatic heterocycles. The zero-order valence-corrected chi connectivity index (χ0v) is 9.24. The lowest BCUT2D eigenvalue weighted by molar-refractivity contribution is -0.144. The van der Waals surface area contributed by atoms with Crippen molar-refractivity contribution in [3.05, 3.63) is 35.9 Å². The standard InChI is InChI=1S/C11H9BrO2/c1-9(13)14-11(7-8-12)10-5-3-2-4-6-10/h2-6,11H,1H3/t11-/m0/s1. The number of hydrogen-bond donors (Lipinski definition) is 0. The summed E-state index contributed by atoms with van der Waals surface area (Å²) in [5, 5.41) is 0. The normalized spacial score (nSPS) is 11.0. The molecule has 0 heterocycles. The van der Waals surface area contributed by atoms with E-state index in [1.165, 1.54) is 6.92 Å². The Hall–Kier alpha value is -1.27. The topological polar surface area (TPSA) is 26.3 Å². The maximum absolute atomic E-state index is 10.8. The van der Waals surface area contributed by atoms with Gasteiger partial charge in [0.25, 0.3) is 0 Å². The number of rotatable bonds is 2. The average Bonchev–Trinajstić information content (AvgIpc) is 2.18. The monoisotopic (exact) mass is 252 g/mol. The molecule has 72 valence electrons. The highest BCUT2D eigenvalue weighted by molar-refractivity contribution is 9.12. The van der Waals surface area contributed by atoms with Gasteiger partial charge < -0.3 is 4.74 Å². The van der Waals surface area contributed by atoms with Gasteiger partial charge in [0.05, 0.1) is 0 Å². The SMILES string of the molecule is CC(=O)O[C@@H](C#CBr)c1ccccc1. The first-order valence-electron chi connectivity index (χ1n) is 4.07. The van der Waals surface area contributed by atoms with Crippen LogP contribution < -0.4 is 0 Å². The average molecular weight is 253 g/mol. The van der Waals surface area contributed by atoms with E-state index in [-0.39, 0.29) is 5.97 Å². The molecule has 0 radical (unpaired) electrons. The number of carbonyl (C=O) groups is 1. The van der Waals surface area contributed by atoms with Crippen LogP contribution in [0.1, 0.15) is 18.6 Å². The number of hydrogen-bond acceptors (Lipinski definition) is 2. The van der Waals surface area contributed by atoms with Crippen molar-refractivity contribution in [2.45, 2.75) is 13.0 Å². The highest BCUT2D eigenvalue weighted by atomic mass is 79.9. The minimum absolute atomic E-state index is 0.339. The van der Waals surface area contributed by atoms with Crippen molar-refractivity contribution in [1.82, 2.24) is 0 Å². The summed E-state index contributed by atoms with van der Waals surface area (Å²) >= 11 is 2.98. The Balaban J connectivity index is 2.87. The van der Waals surface area contributed by atoms with Gasteiger partial charge in [0, 0.05) is 28.4 Å². The minimum atomic E-state index is -0.493. The first kappa shape index (κ1) is 10.8. The van der Waals surface area contributed by atoms with E-state index in [0.29, 0.717) is 0 Å². The van der Waals surface area contributed by atoms with Crippen molar-refractivity contribution in [3.8, 4) is 10.8 Å². The molecule has 3 heteroatoms. The van der Waals surface area contributed by atoms with Crippen LogP contribution in [0.4, 0.5) is 0 Å². The third-order valence-electron chi connectivity index (χ3n) is 1.57. The van der Waals surface area contributed by atoms with Gasteiger partial charge in [0.1, 0.15) is 0 Å². The molecular formula is C11H9BrO2. The van der Waals surface area contributed by atoms with Crippen molar-refractivity contribution in [2.24, 2.45) is 0 Å². The molecule has 0 aliphatic rings. The molecule has 2 nitrogen and oxygen atoms in total. The van der Waals surface area contributed by atoms with E-state index < -0.39 is 6.10 Å². The molecule has 0 unspecified atom stereocenters. The molecule has 0 amide bonds. The first-order chi connectivity index (χ1) is 6.74. The highest BCUT2D eigenvalue weighted by Gasteiger charge is 2.10. The highest BCUT2D eigenvalue weighted by Crippen LogP contribution is 2.16. The smallest absolute Gasteiger partial charge is 0.304 e. The quantitative estimate of drug-likeness (QED) is 0.598. The van der Waals surface area contributed by atoms with E-state index in [4.69, 9.17) is 4.74 Å². The third kappa shape index (κ3) is 3.23. The Morgan fingerprint density at radius 2 is 2.07 bits per heavy atom. The fourth-order valence-electron chi connectivity index (χ4n) is 1.02. The van der Waals surface area contributed by atoms with Crippen molar-refractivity contribution in [3.63, 3.8) is 0 Å². The van der Waals surface area contributed by atoms with Crippen LogP contribution in [-0.2, 0) is 9.53 Å². The minimum Gasteiger partial charge on any atom is -0.444 e. The number of halogens is 1. The third-order valence-corrected chi connectivity index (χ3v) is 1.80. The molecule has 0 N–H and O–H groups in total. The van der Waals surface area contributed by atoms with Gasteiger partial charge in [-0.15, -0.1) is 0 Å². The Labute approximate surface area is 91.4 Å². The van der Waals surface area contributed by atoms with Crippen molar-refractivity contribution in [2.75, 3.05) is 0 Å². The van der Waals surface area contributed by atoms with Crippen LogP contribution in [0.15, 0.2) is 30.3 Å². The Morgan fingerprint density at radius 1 is 1.43 bits per heavy atom. The number of benzene rings is 1. The van der Waals surface area contributed by atoms with Gasteiger partial charge in [-0.3, -0.25) is 4.79 Å². The summed E-state index contributed by atoms with van der Waals surface area (Å²) < 4.78 is 5.03. The van der Waals surface area contributed by atoms with Gasteiger partial charge in [-0.05, 0) is 10.8 Å². The summed E-state index contributed by atoms with van der Waals surface area (Å²) in [5.41, 5.74) is 0.870. The van der Waals surface area contributed by atoms with Gasteiger partial charge in [-0.25, -0.2) is 0 Å². The van der Waals surface area contributed by atoms with E-state index in [1.54, 1.807) is 0 Å². The van der Waals surface area contributed by atoms with E-state index in [9.17, 15) is 4.79 Å². The zero-order valence-electron chi connectivity index (χ0n) is 7.66. The lowest BCUT2D eigenvalue weighted by Crippen LogP contribution is -2.06.